The number of aromatic nitrogens is 1. The zero-order valence-corrected chi connectivity index (χ0v) is 16.4. The van der Waals surface area contributed by atoms with Crippen molar-refractivity contribution in [3.05, 3.63) is 76.2 Å². The smallest absolute Gasteiger partial charge is 0.167 e. The lowest BCUT2D eigenvalue weighted by molar-refractivity contribution is 0.0813. The van der Waals surface area contributed by atoms with Crippen molar-refractivity contribution in [1.82, 2.24) is 9.88 Å². The Hall–Kier alpha value is -2.30. The van der Waals surface area contributed by atoms with Gasteiger partial charge in [0.2, 0.25) is 0 Å². The van der Waals surface area contributed by atoms with Crippen LogP contribution in [0.15, 0.2) is 60.8 Å². The molecule has 1 atom stereocenters. The molecule has 27 heavy (non-hydrogen) atoms. The fraction of sp³-hybridized carbons (Fsp3) is 0.304. The first kappa shape index (κ1) is 18.1. The molecule has 3 nitrogen and oxygen atoms in total. The molecule has 0 amide bonds. The minimum absolute atomic E-state index is 0.0929. The van der Waals surface area contributed by atoms with Crippen LogP contribution >= 0.6 is 11.3 Å². The highest BCUT2D eigenvalue weighted by Crippen LogP contribution is 2.25. The summed E-state index contributed by atoms with van der Waals surface area (Å²) < 4.78 is 0. The van der Waals surface area contributed by atoms with Gasteiger partial charge in [-0.1, -0.05) is 54.6 Å². The van der Waals surface area contributed by atoms with Crippen molar-refractivity contribution >= 4 is 17.1 Å². The van der Waals surface area contributed by atoms with Crippen molar-refractivity contribution in [2.75, 3.05) is 13.1 Å². The number of ketones is 1. The predicted molar refractivity (Wildman–Crippen MR) is 111 cm³/mol. The maximum Gasteiger partial charge on any atom is 0.167 e. The molecular weight excluding hydrogens is 352 g/mol. The number of hydrogen-bond donors (Lipinski definition) is 0. The number of Topliss-reactive ketones (excluding diaryl/α,β-unsaturated/α-hetero) is 1. The summed E-state index contributed by atoms with van der Waals surface area (Å²) in [6.07, 6.45) is 4.03. The maximum atomic E-state index is 13.0. The third kappa shape index (κ3) is 4.34. The van der Waals surface area contributed by atoms with Gasteiger partial charge in [0.25, 0.3) is 0 Å². The molecule has 0 N–H and O–H groups in total. The summed E-state index contributed by atoms with van der Waals surface area (Å²) in [5.74, 6) is 0.371. The van der Waals surface area contributed by atoms with Gasteiger partial charge in [-0.15, -0.1) is 11.3 Å². The number of carbonyl (C=O) groups excluding carboxylic acids is 1. The Morgan fingerprint density at radius 1 is 1.11 bits per heavy atom. The predicted octanol–water partition coefficient (Wildman–Crippen LogP) is 5.21. The van der Waals surface area contributed by atoms with E-state index in [9.17, 15) is 4.79 Å². The Kier molecular flexibility index (Phi) is 5.46. The van der Waals surface area contributed by atoms with Gasteiger partial charge in [0.1, 0.15) is 0 Å². The number of nitrogens with zero attached hydrogens (tertiary/aromatic N) is 2. The number of benzene rings is 2. The first-order valence-electron chi connectivity index (χ1n) is 9.52. The molecule has 1 aliphatic heterocycles. The van der Waals surface area contributed by atoms with Crippen LogP contribution in [0, 0.1) is 12.8 Å². The van der Waals surface area contributed by atoms with Crippen LogP contribution < -0.4 is 0 Å². The van der Waals surface area contributed by atoms with Crippen LogP contribution in [0.5, 0.6) is 0 Å². The molecule has 4 heteroatoms. The molecule has 0 unspecified atom stereocenters. The van der Waals surface area contributed by atoms with E-state index >= 15 is 0 Å². The van der Waals surface area contributed by atoms with Gasteiger partial charge in [-0.3, -0.25) is 9.69 Å². The number of rotatable bonds is 5. The van der Waals surface area contributed by atoms with E-state index in [0.717, 1.165) is 48.6 Å². The first-order valence-corrected chi connectivity index (χ1v) is 10.3. The van der Waals surface area contributed by atoms with Gasteiger partial charge in [0.05, 0.1) is 5.01 Å². The van der Waals surface area contributed by atoms with Crippen LogP contribution in [0.2, 0.25) is 0 Å². The van der Waals surface area contributed by atoms with E-state index in [4.69, 9.17) is 0 Å². The van der Waals surface area contributed by atoms with Crippen LogP contribution in [0.3, 0.4) is 0 Å². The van der Waals surface area contributed by atoms with E-state index in [2.05, 4.69) is 34.1 Å². The maximum absolute atomic E-state index is 13.0. The summed E-state index contributed by atoms with van der Waals surface area (Å²) in [4.78, 5) is 21.0. The molecule has 0 spiro atoms. The lowest BCUT2D eigenvalue weighted by atomic mass is 9.89. The second-order valence-electron chi connectivity index (χ2n) is 7.23. The molecule has 1 aliphatic rings. The summed E-state index contributed by atoms with van der Waals surface area (Å²) in [7, 11) is 0. The molecule has 0 bridgehead atoms. The number of hydrogen-bond acceptors (Lipinski definition) is 4. The van der Waals surface area contributed by atoms with Crippen molar-refractivity contribution in [3.63, 3.8) is 0 Å². The van der Waals surface area contributed by atoms with Crippen LogP contribution in [0.4, 0.5) is 0 Å². The molecule has 0 aliphatic carbocycles. The summed E-state index contributed by atoms with van der Waals surface area (Å²) in [6.45, 7) is 4.85. The van der Waals surface area contributed by atoms with Gasteiger partial charge >= 0.3 is 0 Å². The summed E-state index contributed by atoms with van der Waals surface area (Å²) in [5, 5.41) is 1.10. The van der Waals surface area contributed by atoms with E-state index in [-0.39, 0.29) is 11.7 Å². The molecule has 1 aromatic heterocycles. The monoisotopic (exact) mass is 376 g/mol. The van der Waals surface area contributed by atoms with Crippen molar-refractivity contribution in [1.29, 1.82) is 0 Å². The number of thiazole rings is 1. The quantitative estimate of drug-likeness (QED) is 0.573. The van der Waals surface area contributed by atoms with Crippen LogP contribution in [0.25, 0.3) is 11.1 Å². The van der Waals surface area contributed by atoms with E-state index in [0.29, 0.717) is 0 Å². The van der Waals surface area contributed by atoms with Crippen LogP contribution in [0.1, 0.15) is 33.1 Å². The van der Waals surface area contributed by atoms with Crippen molar-refractivity contribution in [2.45, 2.75) is 26.3 Å². The van der Waals surface area contributed by atoms with Gasteiger partial charge in [-0.2, -0.15) is 0 Å². The van der Waals surface area contributed by atoms with Gasteiger partial charge in [0.15, 0.2) is 5.78 Å². The minimum Gasteiger partial charge on any atom is -0.297 e. The molecule has 0 radical (unpaired) electrons. The van der Waals surface area contributed by atoms with E-state index in [1.807, 2.05) is 43.5 Å². The van der Waals surface area contributed by atoms with Crippen molar-refractivity contribution < 1.29 is 4.79 Å². The normalized spacial score (nSPS) is 17.7. The van der Waals surface area contributed by atoms with Gasteiger partial charge in [-0.25, -0.2) is 4.98 Å². The third-order valence-electron chi connectivity index (χ3n) is 5.20. The van der Waals surface area contributed by atoms with Gasteiger partial charge in [0, 0.05) is 35.6 Å². The van der Waals surface area contributed by atoms with Crippen molar-refractivity contribution in [3.8, 4) is 11.1 Å². The zero-order valence-electron chi connectivity index (χ0n) is 15.6. The highest BCUT2D eigenvalue weighted by atomic mass is 32.1. The fourth-order valence-electron chi connectivity index (χ4n) is 3.81. The van der Waals surface area contributed by atoms with Crippen LogP contribution in [-0.4, -0.2) is 28.8 Å². The highest BCUT2D eigenvalue weighted by Gasteiger charge is 2.26. The van der Waals surface area contributed by atoms with E-state index in [1.54, 1.807) is 11.3 Å². The Morgan fingerprint density at radius 3 is 2.56 bits per heavy atom. The molecular formula is C23H24N2OS. The number of carbonyl (C=O) groups is 1. The molecule has 138 valence electrons. The first-order chi connectivity index (χ1) is 13.2. The summed E-state index contributed by atoms with van der Waals surface area (Å²) in [5.41, 5.74) is 3.16. The molecule has 2 aromatic carbocycles. The number of aryl methyl sites for hydroxylation is 1. The van der Waals surface area contributed by atoms with Crippen molar-refractivity contribution in [2.24, 2.45) is 5.92 Å². The van der Waals surface area contributed by atoms with Gasteiger partial charge < -0.3 is 0 Å². The highest BCUT2D eigenvalue weighted by molar-refractivity contribution is 7.11. The number of piperidine rings is 1. The Balaban J connectivity index is 1.42. The molecule has 2 heterocycles. The SMILES string of the molecule is Cc1ncc(CN2CCC[C@@H](C(=O)c3ccc(-c4ccccc4)cc3)C2)s1. The average Bonchev–Trinajstić information content (AvgIpc) is 3.13. The second kappa shape index (κ2) is 8.15. The fourth-order valence-corrected chi connectivity index (χ4v) is 4.64. The summed E-state index contributed by atoms with van der Waals surface area (Å²) in [6, 6.07) is 18.4. The Bertz CT molecular complexity index is 902. The summed E-state index contributed by atoms with van der Waals surface area (Å²) >= 11 is 1.75. The van der Waals surface area contributed by atoms with E-state index in [1.165, 1.54) is 10.4 Å². The van der Waals surface area contributed by atoms with Crippen LogP contribution in [-0.2, 0) is 6.54 Å². The molecule has 4 rings (SSSR count). The molecule has 0 saturated carbocycles. The molecule has 1 fully saturated rings. The Morgan fingerprint density at radius 2 is 1.85 bits per heavy atom. The average molecular weight is 377 g/mol. The number of likely N-dealkylation sites (tertiary alicyclic amines) is 1. The standard InChI is InChI=1S/C23H24N2OS/c1-17-24-14-22(27-17)16-25-13-5-8-21(15-25)23(26)20-11-9-19(10-12-20)18-6-3-2-4-7-18/h2-4,6-7,9-12,14,21H,5,8,13,15-16H2,1H3/t21-/m1/s1. The van der Waals surface area contributed by atoms with E-state index < -0.39 is 0 Å². The Labute approximate surface area is 164 Å². The topological polar surface area (TPSA) is 33.2 Å². The third-order valence-corrected chi connectivity index (χ3v) is 6.10. The minimum atomic E-state index is 0.0929. The largest absolute Gasteiger partial charge is 0.297 e. The lowest BCUT2D eigenvalue weighted by Crippen LogP contribution is -2.38. The zero-order chi connectivity index (χ0) is 18.6. The van der Waals surface area contributed by atoms with Gasteiger partial charge in [-0.05, 0) is 37.4 Å². The molecule has 1 saturated heterocycles. The molecule has 3 aromatic rings. The lowest BCUT2D eigenvalue weighted by Gasteiger charge is -2.31. The second-order valence-corrected chi connectivity index (χ2v) is 8.55.